The number of benzene rings is 1. The minimum Gasteiger partial charge on any atom is -0.507 e. The number of phenols is 1. The Morgan fingerprint density at radius 1 is 1.11 bits per heavy atom. The molecule has 1 saturated heterocycles. The Balaban J connectivity index is 1.48. The van der Waals surface area contributed by atoms with Crippen LogP contribution >= 0.6 is 11.3 Å². The van der Waals surface area contributed by atoms with Crippen molar-refractivity contribution in [3.8, 4) is 5.75 Å². The van der Waals surface area contributed by atoms with Crippen LogP contribution in [-0.2, 0) is 32.1 Å². The lowest BCUT2D eigenvalue weighted by molar-refractivity contribution is -0.140. The molecule has 38 heavy (non-hydrogen) atoms. The fraction of sp³-hybridized carbons (Fsp3) is 0.290. The third-order valence-electron chi connectivity index (χ3n) is 8.37. The second kappa shape index (κ2) is 9.17. The summed E-state index contributed by atoms with van der Waals surface area (Å²) in [5.74, 6) is -2.97. The second-order valence-corrected chi connectivity index (χ2v) is 11.5. The lowest BCUT2D eigenvalue weighted by Gasteiger charge is -2.42. The van der Waals surface area contributed by atoms with Gasteiger partial charge in [0.15, 0.2) is 11.6 Å². The van der Waals surface area contributed by atoms with Crippen molar-refractivity contribution in [2.24, 2.45) is 17.8 Å². The predicted molar refractivity (Wildman–Crippen MR) is 143 cm³/mol. The van der Waals surface area contributed by atoms with Crippen molar-refractivity contribution in [2.45, 2.75) is 38.6 Å². The monoisotopic (exact) mass is 525 g/mol. The van der Waals surface area contributed by atoms with E-state index in [1.807, 2.05) is 29.7 Å². The van der Waals surface area contributed by atoms with Gasteiger partial charge in [0.05, 0.1) is 18.4 Å². The fourth-order valence-electron chi connectivity index (χ4n) is 6.68. The van der Waals surface area contributed by atoms with E-state index in [-0.39, 0.29) is 42.1 Å². The van der Waals surface area contributed by atoms with Crippen molar-refractivity contribution in [2.75, 3.05) is 0 Å². The van der Waals surface area contributed by atoms with E-state index >= 15 is 0 Å². The van der Waals surface area contributed by atoms with Crippen LogP contribution in [0.15, 0.2) is 82.8 Å². The Morgan fingerprint density at radius 3 is 2.66 bits per heavy atom. The first-order valence-electron chi connectivity index (χ1n) is 12.8. The molecule has 3 aliphatic carbocycles. The third kappa shape index (κ3) is 3.60. The Kier molecular flexibility index (Phi) is 5.91. The quantitative estimate of drug-likeness (QED) is 0.344. The highest BCUT2D eigenvalue weighted by molar-refractivity contribution is 7.09. The van der Waals surface area contributed by atoms with Gasteiger partial charge in [0.2, 0.25) is 11.8 Å². The van der Waals surface area contributed by atoms with Gasteiger partial charge in [0.25, 0.3) is 0 Å². The maximum Gasteiger partial charge on any atom is 0.234 e. The van der Waals surface area contributed by atoms with Crippen LogP contribution in [0, 0.1) is 17.8 Å². The van der Waals surface area contributed by atoms with Gasteiger partial charge in [-0.2, -0.15) is 0 Å². The number of thiophene rings is 1. The molecule has 2 heterocycles. The molecule has 6 nitrogen and oxygen atoms in total. The lowest BCUT2D eigenvalue weighted by Crippen LogP contribution is -2.39. The van der Waals surface area contributed by atoms with Gasteiger partial charge in [-0.15, -0.1) is 17.9 Å². The van der Waals surface area contributed by atoms with Crippen molar-refractivity contribution in [3.05, 3.63) is 98.8 Å². The van der Waals surface area contributed by atoms with Gasteiger partial charge in [0, 0.05) is 33.1 Å². The molecule has 1 aromatic heterocycles. The average Bonchev–Trinajstić information content (AvgIpc) is 3.50. The van der Waals surface area contributed by atoms with E-state index < -0.39 is 23.7 Å². The van der Waals surface area contributed by atoms with E-state index in [0.717, 1.165) is 10.5 Å². The van der Waals surface area contributed by atoms with Gasteiger partial charge >= 0.3 is 0 Å². The molecule has 1 N–H and O–H groups in total. The summed E-state index contributed by atoms with van der Waals surface area (Å²) in [6, 6.07) is 9.21. The minimum absolute atomic E-state index is 0.0626. The normalized spacial score (nSPS) is 26.6. The van der Waals surface area contributed by atoms with Crippen LogP contribution in [0.3, 0.4) is 0 Å². The molecule has 0 saturated carbocycles. The zero-order valence-corrected chi connectivity index (χ0v) is 21.8. The van der Waals surface area contributed by atoms with Gasteiger partial charge in [-0.25, -0.2) is 0 Å². The number of amides is 2. The number of hydrogen-bond donors (Lipinski definition) is 1. The average molecular weight is 526 g/mol. The van der Waals surface area contributed by atoms with Crippen LogP contribution in [-0.4, -0.2) is 33.4 Å². The van der Waals surface area contributed by atoms with Gasteiger partial charge in [-0.3, -0.25) is 24.1 Å². The number of allylic oxidation sites excluding steroid dienone is 7. The van der Waals surface area contributed by atoms with E-state index in [2.05, 4.69) is 6.58 Å². The molecule has 0 bridgehead atoms. The highest BCUT2D eigenvalue weighted by Gasteiger charge is 2.56. The van der Waals surface area contributed by atoms with Gasteiger partial charge in [-0.1, -0.05) is 42.0 Å². The molecule has 6 rings (SSSR count). The summed E-state index contributed by atoms with van der Waals surface area (Å²) in [5.41, 5.74) is 3.18. The Morgan fingerprint density at radius 2 is 1.92 bits per heavy atom. The molecular formula is C31H27NO5S. The van der Waals surface area contributed by atoms with Gasteiger partial charge < -0.3 is 5.11 Å². The molecular weight excluding hydrogens is 498 g/mol. The molecule has 1 aliphatic heterocycles. The van der Waals surface area contributed by atoms with Crippen LogP contribution in [0.1, 0.15) is 41.7 Å². The van der Waals surface area contributed by atoms with Crippen molar-refractivity contribution >= 4 is 34.7 Å². The van der Waals surface area contributed by atoms with Crippen molar-refractivity contribution in [1.82, 2.24) is 4.90 Å². The second-order valence-electron chi connectivity index (χ2n) is 10.4. The third-order valence-corrected chi connectivity index (χ3v) is 9.23. The number of phenolic OH excluding ortho intramolecular Hbond substituents is 1. The Bertz CT molecular complexity index is 1510. The van der Waals surface area contributed by atoms with Crippen molar-refractivity contribution in [3.63, 3.8) is 0 Å². The van der Waals surface area contributed by atoms with Gasteiger partial charge in [-0.05, 0) is 55.2 Å². The number of nitrogens with zero attached hydrogens (tertiary/aromatic N) is 1. The standard InChI is InChI=1S/C31H27NO5S/c1-3-6-17-7-4-9-20(29(17)35)25-19-10-11-21-26(31(37)32(30(21)36)15-18-8-5-12-38-18)22(19)14-23-27(25)24(33)13-16(2)28(23)34/h3-5,7-10,12-13,21-22,25-26,35H,1,6,11,14-15H2,2H3/t21-,22+,25+,26-/m0/s1. The first kappa shape index (κ1) is 24.5. The first-order valence-corrected chi connectivity index (χ1v) is 13.7. The summed E-state index contributed by atoms with van der Waals surface area (Å²) >= 11 is 1.50. The number of rotatable bonds is 5. The topological polar surface area (TPSA) is 91.8 Å². The number of carbonyl (C=O) groups excluding carboxylic acids is 4. The summed E-state index contributed by atoms with van der Waals surface area (Å²) in [4.78, 5) is 56.3. The van der Waals surface area contributed by atoms with E-state index in [9.17, 15) is 24.3 Å². The van der Waals surface area contributed by atoms with Gasteiger partial charge in [0.1, 0.15) is 5.75 Å². The van der Waals surface area contributed by atoms with E-state index in [1.54, 1.807) is 25.1 Å². The minimum atomic E-state index is -0.662. The zero-order chi connectivity index (χ0) is 26.7. The molecule has 0 unspecified atom stereocenters. The maximum atomic E-state index is 13.8. The number of imide groups is 1. The largest absolute Gasteiger partial charge is 0.507 e. The number of hydrogen-bond acceptors (Lipinski definition) is 6. The molecule has 7 heteroatoms. The number of ketones is 2. The number of likely N-dealkylation sites (tertiary alicyclic amines) is 1. The molecule has 1 fully saturated rings. The van der Waals surface area contributed by atoms with Crippen molar-refractivity contribution in [1.29, 1.82) is 0 Å². The van der Waals surface area contributed by atoms with Crippen LogP contribution < -0.4 is 0 Å². The fourth-order valence-corrected chi connectivity index (χ4v) is 7.37. The SMILES string of the molecule is C=CCc1cccc([C@H]2C3=CC[C@@H]4C(=O)N(Cc5cccs5)C(=O)[C@@H]4[C@@H]3CC3=C2C(=O)C=C(C)C3=O)c1O. The highest BCUT2D eigenvalue weighted by Crippen LogP contribution is 2.56. The van der Waals surface area contributed by atoms with Crippen LogP contribution in [0.4, 0.5) is 0 Å². The van der Waals surface area contributed by atoms with Crippen LogP contribution in [0.25, 0.3) is 0 Å². The van der Waals surface area contributed by atoms with E-state index in [4.69, 9.17) is 0 Å². The number of aromatic hydroxyl groups is 1. The smallest absolute Gasteiger partial charge is 0.234 e. The molecule has 2 amide bonds. The summed E-state index contributed by atoms with van der Waals surface area (Å²) in [5, 5.41) is 13.2. The summed E-state index contributed by atoms with van der Waals surface area (Å²) in [6.07, 6.45) is 6.10. The predicted octanol–water partition coefficient (Wildman–Crippen LogP) is 4.81. The molecule has 0 radical (unpaired) electrons. The van der Waals surface area contributed by atoms with Crippen molar-refractivity contribution < 1.29 is 24.3 Å². The number of para-hydroxylation sites is 1. The van der Waals surface area contributed by atoms with Crippen LogP contribution in [0.5, 0.6) is 5.75 Å². The molecule has 192 valence electrons. The zero-order valence-electron chi connectivity index (χ0n) is 21.0. The molecule has 2 aromatic rings. The summed E-state index contributed by atoms with van der Waals surface area (Å²) < 4.78 is 0. The van der Waals surface area contributed by atoms with E-state index in [1.165, 1.54) is 22.3 Å². The molecule has 4 aliphatic rings. The Hall–Kier alpha value is -3.84. The van der Waals surface area contributed by atoms with Crippen LogP contribution in [0.2, 0.25) is 0 Å². The molecule has 0 spiro atoms. The number of fused-ring (bicyclic) bond motifs is 3. The summed E-state index contributed by atoms with van der Waals surface area (Å²) in [6.45, 7) is 5.64. The molecule has 1 aromatic carbocycles. The number of carbonyl (C=O) groups is 4. The van der Waals surface area contributed by atoms with E-state index in [0.29, 0.717) is 40.7 Å². The maximum absolute atomic E-state index is 13.8. The lowest BCUT2D eigenvalue weighted by atomic mass is 9.59. The summed E-state index contributed by atoms with van der Waals surface area (Å²) in [7, 11) is 0. The Labute approximate surface area is 224 Å². The highest BCUT2D eigenvalue weighted by atomic mass is 32.1. The first-order chi connectivity index (χ1) is 18.3. The molecule has 4 atom stereocenters. The number of Topliss-reactive ketones (excluding diaryl/α,β-unsaturated/α-hetero) is 1.